The van der Waals surface area contributed by atoms with Crippen molar-refractivity contribution < 1.29 is 9.26 Å². The minimum Gasteiger partial charge on any atom is -0.397 e. The number of nitrogen functional groups attached to an aromatic ring is 1. The Bertz CT molecular complexity index is 719. The molecular weight excluding hydrogens is 262 g/mol. The van der Waals surface area contributed by atoms with Gasteiger partial charge in [0.15, 0.2) is 0 Å². The minimum absolute atomic E-state index is 0.513. The molecule has 19 heavy (non-hydrogen) atoms. The molecule has 0 unspecified atom stereocenters. The molecule has 5 nitrogen and oxygen atoms in total. The highest BCUT2D eigenvalue weighted by Gasteiger charge is 2.17. The number of fused-ring (bicyclic) bond motifs is 1. The Labute approximate surface area is 114 Å². The van der Waals surface area contributed by atoms with E-state index in [0.29, 0.717) is 12.3 Å². The second kappa shape index (κ2) is 4.64. The number of nitrogens with zero attached hydrogens (tertiary/aromatic N) is 2. The maximum atomic E-state index is 6.24. The highest BCUT2D eigenvalue weighted by molar-refractivity contribution is 7.22. The number of aromatic nitrogens is 2. The van der Waals surface area contributed by atoms with Crippen molar-refractivity contribution in [2.45, 2.75) is 13.5 Å². The monoisotopic (exact) mass is 275 g/mol. The van der Waals surface area contributed by atoms with E-state index >= 15 is 0 Å². The molecule has 2 N–H and O–H groups in total. The number of hydrogen-bond donors (Lipinski definition) is 1. The molecule has 3 aromatic heterocycles. The molecule has 3 heterocycles. The lowest BCUT2D eigenvalue weighted by atomic mass is 10.1. The second-order valence-electron chi connectivity index (χ2n) is 4.27. The van der Waals surface area contributed by atoms with Crippen molar-refractivity contribution in [3.63, 3.8) is 0 Å². The van der Waals surface area contributed by atoms with E-state index in [1.165, 1.54) is 17.6 Å². The zero-order valence-electron chi connectivity index (χ0n) is 10.6. The molecule has 0 aromatic carbocycles. The first kappa shape index (κ1) is 12.1. The average Bonchev–Trinajstić information content (AvgIpc) is 2.97. The summed E-state index contributed by atoms with van der Waals surface area (Å²) in [5, 5.41) is 4.89. The molecule has 0 aliphatic carbocycles. The summed E-state index contributed by atoms with van der Waals surface area (Å²) in [5.41, 5.74) is 9.67. The van der Waals surface area contributed by atoms with Crippen LogP contribution in [0.2, 0.25) is 0 Å². The number of rotatable bonds is 3. The maximum Gasteiger partial charge on any atom is 0.126 e. The van der Waals surface area contributed by atoms with Crippen molar-refractivity contribution in [3.8, 4) is 10.6 Å². The molecule has 0 amide bonds. The van der Waals surface area contributed by atoms with Gasteiger partial charge in [0.25, 0.3) is 0 Å². The van der Waals surface area contributed by atoms with Crippen molar-refractivity contribution in [1.82, 2.24) is 10.1 Å². The summed E-state index contributed by atoms with van der Waals surface area (Å²) >= 11 is 1.52. The third-order valence-corrected chi connectivity index (χ3v) is 4.00. The first-order valence-electron chi connectivity index (χ1n) is 5.79. The number of ether oxygens (including phenoxy) is 1. The van der Waals surface area contributed by atoms with Gasteiger partial charge < -0.3 is 15.0 Å². The number of hydrogen-bond acceptors (Lipinski definition) is 6. The van der Waals surface area contributed by atoms with Crippen LogP contribution in [0.25, 0.3) is 20.8 Å². The Hall–Kier alpha value is -1.92. The van der Waals surface area contributed by atoms with Crippen LogP contribution in [0.5, 0.6) is 0 Å². The van der Waals surface area contributed by atoms with E-state index < -0.39 is 0 Å². The molecule has 6 heteroatoms. The zero-order valence-corrected chi connectivity index (χ0v) is 11.5. The predicted molar refractivity (Wildman–Crippen MR) is 75.0 cm³/mol. The van der Waals surface area contributed by atoms with Gasteiger partial charge in [-0.15, -0.1) is 11.3 Å². The SMILES string of the molecule is COCc1cc(C)nc2sc(-c3ccon3)c(N)c12. The van der Waals surface area contributed by atoms with Crippen LogP contribution >= 0.6 is 11.3 Å². The number of thiophene rings is 1. The third kappa shape index (κ3) is 1.98. The van der Waals surface area contributed by atoms with E-state index in [2.05, 4.69) is 10.1 Å². The third-order valence-electron chi connectivity index (χ3n) is 2.88. The van der Waals surface area contributed by atoms with Gasteiger partial charge in [-0.25, -0.2) is 4.98 Å². The lowest BCUT2D eigenvalue weighted by molar-refractivity contribution is 0.186. The summed E-state index contributed by atoms with van der Waals surface area (Å²) < 4.78 is 10.1. The van der Waals surface area contributed by atoms with E-state index in [0.717, 1.165) is 32.0 Å². The standard InChI is InChI=1S/C13H13N3O2S/c1-7-5-8(6-17-2)10-11(14)12(19-13(10)15-7)9-3-4-18-16-9/h3-5H,6,14H2,1-2H3. The van der Waals surface area contributed by atoms with Crippen LogP contribution in [0.3, 0.4) is 0 Å². The molecule has 0 bridgehead atoms. The smallest absolute Gasteiger partial charge is 0.126 e. The molecular formula is C13H13N3O2S. The van der Waals surface area contributed by atoms with Crippen LogP contribution in [0.15, 0.2) is 22.9 Å². The molecule has 0 saturated carbocycles. The molecule has 0 aliphatic heterocycles. The fraction of sp³-hybridized carbons (Fsp3) is 0.231. The first-order chi connectivity index (χ1) is 9.20. The summed E-state index contributed by atoms with van der Waals surface area (Å²) in [7, 11) is 1.67. The number of anilines is 1. The molecule has 0 aliphatic rings. The number of aryl methyl sites for hydroxylation is 1. The van der Waals surface area contributed by atoms with Gasteiger partial charge >= 0.3 is 0 Å². The number of pyridine rings is 1. The Morgan fingerprint density at radius 1 is 1.47 bits per heavy atom. The van der Waals surface area contributed by atoms with Gasteiger partial charge in [0.05, 0.1) is 17.2 Å². The van der Waals surface area contributed by atoms with Crippen LogP contribution in [0.1, 0.15) is 11.3 Å². The summed E-state index contributed by atoms with van der Waals surface area (Å²) in [6.45, 7) is 2.48. The van der Waals surface area contributed by atoms with Crippen LogP contribution in [0.4, 0.5) is 5.69 Å². The summed E-state index contributed by atoms with van der Waals surface area (Å²) in [6.07, 6.45) is 1.54. The average molecular weight is 275 g/mol. The molecule has 0 atom stereocenters. The van der Waals surface area contributed by atoms with Crippen molar-refractivity contribution in [2.24, 2.45) is 0 Å². The van der Waals surface area contributed by atoms with Gasteiger partial charge in [0, 0.05) is 24.3 Å². The Kier molecular flexibility index (Phi) is 2.96. The predicted octanol–water partition coefficient (Wildman–Crippen LogP) is 2.99. The highest BCUT2D eigenvalue weighted by atomic mass is 32.1. The molecule has 3 rings (SSSR count). The zero-order chi connectivity index (χ0) is 13.4. The van der Waals surface area contributed by atoms with Crippen molar-refractivity contribution in [2.75, 3.05) is 12.8 Å². The molecule has 0 saturated heterocycles. The van der Waals surface area contributed by atoms with Crippen molar-refractivity contribution >= 4 is 27.2 Å². The molecule has 3 aromatic rings. The van der Waals surface area contributed by atoms with E-state index in [1.807, 2.05) is 13.0 Å². The molecule has 0 spiro atoms. The van der Waals surface area contributed by atoms with Crippen LogP contribution < -0.4 is 5.73 Å². The Balaban J connectivity index is 2.28. The summed E-state index contributed by atoms with van der Waals surface area (Å²) in [5.74, 6) is 0. The van der Waals surface area contributed by atoms with E-state index in [9.17, 15) is 0 Å². The molecule has 98 valence electrons. The van der Waals surface area contributed by atoms with Crippen LogP contribution in [0, 0.1) is 6.92 Å². The van der Waals surface area contributed by atoms with Gasteiger partial charge in [-0.2, -0.15) is 0 Å². The molecule has 0 fully saturated rings. The summed E-state index contributed by atoms with van der Waals surface area (Å²) in [4.78, 5) is 6.33. The van der Waals surface area contributed by atoms with Crippen LogP contribution in [-0.4, -0.2) is 17.3 Å². The van der Waals surface area contributed by atoms with Gasteiger partial charge in [-0.1, -0.05) is 5.16 Å². The van der Waals surface area contributed by atoms with Gasteiger partial charge in [0.2, 0.25) is 0 Å². The Morgan fingerprint density at radius 2 is 2.32 bits per heavy atom. The van der Waals surface area contributed by atoms with Crippen molar-refractivity contribution in [1.29, 1.82) is 0 Å². The van der Waals surface area contributed by atoms with E-state index in [4.69, 9.17) is 15.0 Å². The van der Waals surface area contributed by atoms with Gasteiger partial charge in [-0.3, -0.25) is 0 Å². The topological polar surface area (TPSA) is 74.2 Å². The fourth-order valence-electron chi connectivity index (χ4n) is 2.13. The van der Waals surface area contributed by atoms with E-state index in [-0.39, 0.29) is 0 Å². The number of nitrogens with two attached hydrogens (primary N) is 1. The normalized spacial score (nSPS) is 11.3. The van der Waals surface area contributed by atoms with E-state index in [1.54, 1.807) is 13.2 Å². The first-order valence-corrected chi connectivity index (χ1v) is 6.60. The lowest BCUT2D eigenvalue weighted by Crippen LogP contribution is -1.94. The van der Waals surface area contributed by atoms with Crippen LogP contribution in [-0.2, 0) is 11.3 Å². The van der Waals surface area contributed by atoms with Crippen molar-refractivity contribution in [3.05, 3.63) is 29.7 Å². The largest absolute Gasteiger partial charge is 0.397 e. The van der Waals surface area contributed by atoms with Gasteiger partial charge in [-0.05, 0) is 18.6 Å². The second-order valence-corrected chi connectivity index (χ2v) is 5.26. The molecule has 0 radical (unpaired) electrons. The maximum absolute atomic E-state index is 6.24. The fourth-order valence-corrected chi connectivity index (χ4v) is 3.27. The number of methoxy groups -OCH3 is 1. The summed E-state index contributed by atoms with van der Waals surface area (Å²) in [6, 6.07) is 3.80. The highest BCUT2D eigenvalue weighted by Crippen LogP contribution is 2.41. The van der Waals surface area contributed by atoms with Gasteiger partial charge in [0.1, 0.15) is 16.8 Å². The quantitative estimate of drug-likeness (QED) is 0.795. The Morgan fingerprint density at radius 3 is 3.00 bits per heavy atom. The lowest BCUT2D eigenvalue weighted by Gasteiger charge is -2.04. The minimum atomic E-state index is 0.513.